The zero-order valence-corrected chi connectivity index (χ0v) is 17.7. The maximum absolute atomic E-state index is 13.0. The molecule has 4 rings (SSSR count). The topological polar surface area (TPSA) is 26.8 Å². The highest BCUT2D eigenvalue weighted by Gasteiger charge is 2.28. The van der Waals surface area contributed by atoms with Gasteiger partial charge in [-0.25, -0.2) is 0 Å². The zero-order chi connectivity index (χ0) is 20.1. The summed E-state index contributed by atoms with van der Waals surface area (Å²) in [5.41, 5.74) is 2.07. The Hall–Kier alpha value is -2.04. The van der Waals surface area contributed by atoms with Crippen molar-refractivity contribution in [2.75, 3.05) is 44.2 Å². The van der Waals surface area contributed by atoms with Crippen molar-refractivity contribution in [1.29, 1.82) is 0 Å². The van der Waals surface area contributed by atoms with E-state index >= 15 is 0 Å². The normalized spacial score (nSPS) is 20.7. The molecule has 29 heavy (non-hydrogen) atoms. The lowest BCUT2D eigenvalue weighted by Crippen LogP contribution is -2.49. The van der Waals surface area contributed by atoms with E-state index in [0.29, 0.717) is 6.04 Å². The van der Waals surface area contributed by atoms with Gasteiger partial charge in [0.15, 0.2) is 0 Å². The number of rotatable bonds is 5. The lowest BCUT2D eigenvalue weighted by molar-refractivity contribution is 0.0582. The Morgan fingerprint density at radius 1 is 0.897 bits per heavy atom. The number of carbonyl (C=O) groups excluding carboxylic acids is 1. The third kappa shape index (κ3) is 5.12. The van der Waals surface area contributed by atoms with Crippen molar-refractivity contribution in [3.05, 3.63) is 65.2 Å². The first kappa shape index (κ1) is 20.2. The van der Waals surface area contributed by atoms with E-state index in [9.17, 15) is 4.79 Å². The minimum absolute atomic E-state index is 0.197. The summed E-state index contributed by atoms with van der Waals surface area (Å²) in [5, 5.41) is 0.787. The van der Waals surface area contributed by atoms with Gasteiger partial charge in [0.25, 0.3) is 5.91 Å². The van der Waals surface area contributed by atoms with E-state index in [1.54, 1.807) is 0 Å². The molecule has 1 amide bonds. The van der Waals surface area contributed by atoms with E-state index < -0.39 is 0 Å². The monoisotopic (exact) mass is 411 g/mol. The molecule has 1 unspecified atom stereocenters. The van der Waals surface area contributed by atoms with E-state index in [1.165, 1.54) is 12.1 Å². The number of hydrogen-bond donors (Lipinski definition) is 0. The molecule has 2 aliphatic heterocycles. The standard InChI is InChI=1S/C24H30ClN3O/c25-21-9-11-22(12-10-21)27-18-16-26(17-19-27)15-13-23-8-4-5-14-28(23)24(29)20-6-2-1-3-7-20/h1-3,6-7,9-12,23H,4-5,8,13-19H2. The Morgan fingerprint density at radius 3 is 2.34 bits per heavy atom. The predicted molar refractivity (Wildman–Crippen MR) is 120 cm³/mol. The van der Waals surface area contributed by atoms with Crippen molar-refractivity contribution in [2.24, 2.45) is 0 Å². The van der Waals surface area contributed by atoms with Crippen LogP contribution >= 0.6 is 11.6 Å². The molecule has 2 aromatic carbocycles. The number of halogens is 1. The summed E-state index contributed by atoms with van der Waals surface area (Å²) in [6.07, 6.45) is 4.55. The minimum atomic E-state index is 0.197. The van der Waals surface area contributed by atoms with Crippen LogP contribution < -0.4 is 4.90 Å². The number of benzene rings is 2. The van der Waals surface area contributed by atoms with Gasteiger partial charge >= 0.3 is 0 Å². The lowest BCUT2D eigenvalue weighted by Gasteiger charge is -2.39. The molecule has 5 heteroatoms. The number of piperidine rings is 1. The van der Waals surface area contributed by atoms with Crippen LogP contribution in [0.1, 0.15) is 36.0 Å². The Kier molecular flexibility index (Phi) is 6.73. The summed E-state index contributed by atoms with van der Waals surface area (Å²) >= 11 is 6.01. The van der Waals surface area contributed by atoms with Crippen LogP contribution in [0, 0.1) is 0 Å². The number of nitrogens with zero attached hydrogens (tertiary/aromatic N) is 3. The molecule has 0 bridgehead atoms. The Labute approximate surface area is 179 Å². The summed E-state index contributed by atoms with van der Waals surface area (Å²) in [7, 11) is 0. The summed E-state index contributed by atoms with van der Waals surface area (Å²) in [4.78, 5) is 20.1. The second kappa shape index (κ2) is 9.64. The van der Waals surface area contributed by atoms with Gasteiger partial charge in [-0.3, -0.25) is 9.69 Å². The van der Waals surface area contributed by atoms with Crippen LogP contribution in [0.4, 0.5) is 5.69 Å². The smallest absolute Gasteiger partial charge is 0.254 e. The van der Waals surface area contributed by atoms with Crippen LogP contribution in [0.3, 0.4) is 0 Å². The molecule has 2 aliphatic rings. The Balaban J connectivity index is 1.29. The third-order valence-corrected chi connectivity index (χ3v) is 6.50. The fourth-order valence-electron chi connectivity index (χ4n) is 4.53. The van der Waals surface area contributed by atoms with Crippen molar-refractivity contribution < 1.29 is 4.79 Å². The second-order valence-corrected chi connectivity index (χ2v) is 8.54. The number of amides is 1. The highest BCUT2D eigenvalue weighted by Crippen LogP contribution is 2.23. The number of likely N-dealkylation sites (tertiary alicyclic amines) is 1. The van der Waals surface area contributed by atoms with E-state index in [2.05, 4.69) is 26.8 Å². The highest BCUT2D eigenvalue weighted by atomic mass is 35.5. The molecule has 0 aromatic heterocycles. The largest absolute Gasteiger partial charge is 0.369 e. The number of piperazine rings is 1. The van der Waals surface area contributed by atoms with Gasteiger partial charge in [0.2, 0.25) is 0 Å². The molecule has 0 saturated carbocycles. The van der Waals surface area contributed by atoms with E-state index in [-0.39, 0.29) is 5.91 Å². The molecule has 0 N–H and O–H groups in total. The Morgan fingerprint density at radius 2 is 1.62 bits per heavy atom. The van der Waals surface area contributed by atoms with E-state index in [4.69, 9.17) is 11.6 Å². The molecular formula is C24H30ClN3O. The first-order valence-electron chi connectivity index (χ1n) is 10.8. The van der Waals surface area contributed by atoms with Crippen LogP contribution in [0.5, 0.6) is 0 Å². The third-order valence-electron chi connectivity index (χ3n) is 6.25. The van der Waals surface area contributed by atoms with Crippen LogP contribution in [0.15, 0.2) is 54.6 Å². The molecular weight excluding hydrogens is 382 g/mol. The molecule has 0 radical (unpaired) electrons. The summed E-state index contributed by atoms with van der Waals surface area (Å²) in [6.45, 7) is 6.18. The average Bonchev–Trinajstić information content (AvgIpc) is 2.79. The van der Waals surface area contributed by atoms with Gasteiger partial charge in [0, 0.05) is 61.6 Å². The quantitative estimate of drug-likeness (QED) is 0.722. The van der Waals surface area contributed by atoms with Gasteiger partial charge < -0.3 is 9.80 Å². The summed E-state index contributed by atoms with van der Waals surface area (Å²) in [6, 6.07) is 18.2. The van der Waals surface area contributed by atoms with Crippen molar-refractivity contribution in [3.8, 4) is 0 Å². The van der Waals surface area contributed by atoms with Gasteiger partial charge in [-0.05, 0) is 62.1 Å². The average molecular weight is 412 g/mol. The van der Waals surface area contributed by atoms with Gasteiger partial charge in [-0.2, -0.15) is 0 Å². The van der Waals surface area contributed by atoms with Gasteiger partial charge in [-0.15, -0.1) is 0 Å². The number of anilines is 1. The molecule has 2 heterocycles. The molecule has 154 valence electrons. The summed E-state index contributed by atoms with van der Waals surface area (Å²) < 4.78 is 0. The van der Waals surface area contributed by atoms with Crippen molar-refractivity contribution >= 4 is 23.2 Å². The molecule has 2 aromatic rings. The van der Waals surface area contributed by atoms with Crippen molar-refractivity contribution in [1.82, 2.24) is 9.80 Å². The molecule has 0 aliphatic carbocycles. The van der Waals surface area contributed by atoms with Gasteiger partial charge in [0.05, 0.1) is 0 Å². The van der Waals surface area contributed by atoms with Crippen molar-refractivity contribution in [3.63, 3.8) is 0 Å². The van der Waals surface area contributed by atoms with E-state index in [0.717, 1.165) is 69.1 Å². The Bertz CT molecular complexity index is 788. The van der Waals surface area contributed by atoms with Crippen LogP contribution in [0.25, 0.3) is 0 Å². The summed E-state index contributed by atoms with van der Waals surface area (Å²) in [5.74, 6) is 0.197. The predicted octanol–water partition coefficient (Wildman–Crippen LogP) is 4.55. The van der Waals surface area contributed by atoms with Crippen LogP contribution in [0.2, 0.25) is 5.02 Å². The number of carbonyl (C=O) groups is 1. The van der Waals surface area contributed by atoms with E-state index in [1.807, 2.05) is 42.5 Å². The molecule has 2 saturated heterocycles. The maximum atomic E-state index is 13.0. The fourth-order valence-corrected chi connectivity index (χ4v) is 4.65. The molecule has 0 spiro atoms. The minimum Gasteiger partial charge on any atom is -0.369 e. The molecule has 1 atom stereocenters. The van der Waals surface area contributed by atoms with Crippen LogP contribution in [-0.4, -0.2) is 61.0 Å². The molecule has 2 fully saturated rings. The maximum Gasteiger partial charge on any atom is 0.254 e. The zero-order valence-electron chi connectivity index (χ0n) is 17.0. The van der Waals surface area contributed by atoms with Gasteiger partial charge in [-0.1, -0.05) is 29.8 Å². The first-order valence-corrected chi connectivity index (χ1v) is 11.2. The molecule has 4 nitrogen and oxygen atoms in total. The number of hydrogen-bond acceptors (Lipinski definition) is 3. The first-order chi connectivity index (χ1) is 14.2. The van der Waals surface area contributed by atoms with Crippen LogP contribution in [-0.2, 0) is 0 Å². The fraction of sp³-hybridized carbons (Fsp3) is 0.458. The SMILES string of the molecule is O=C(c1ccccc1)N1CCCCC1CCN1CCN(c2ccc(Cl)cc2)CC1. The second-order valence-electron chi connectivity index (χ2n) is 8.11. The van der Waals surface area contributed by atoms with Gasteiger partial charge in [0.1, 0.15) is 0 Å². The highest BCUT2D eigenvalue weighted by molar-refractivity contribution is 6.30. The van der Waals surface area contributed by atoms with Crippen molar-refractivity contribution in [2.45, 2.75) is 31.7 Å². The lowest BCUT2D eigenvalue weighted by atomic mass is 9.97.